The summed E-state index contributed by atoms with van der Waals surface area (Å²) >= 11 is 9.15. The zero-order valence-electron chi connectivity index (χ0n) is 12.8. The smallest absolute Gasteiger partial charge is 0.344 e. The number of hydrogen-bond acceptors (Lipinski definition) is 4. The number of ether oxygens (including phenoxy) is 2. The molecule has 0 saturated heterocycles. The number of carbonyl (C=O) groups excluding carboxylic acids is 2. The fraction of sp³-hybridized carbons (Fsp3) is 0.176. The lowest BCUT2D eigenvalue weighted by molar-refractivity contribution is -0.149. The molecular formula is C17H15BrClNO4. The highest BCUT2D eigenvalue weighted by Crippen LogP contribution is 2.19. The van der Waals surface area contributed by atoms with E-state index in [2.05, 4.69) is 21.2 Å². The molecular weight excluding hydrogens is 398 g/mol. The number of nitrogens with one attached hydrogen (secondary N) is 1. The molecule has 126 valence electrons. The molecule has 1 N–H and O–H groups in total. The summed E-state index contributed by atoms with van der Waals surface area (Å²) in [5, 5.41) is 3.24. The summed E-state index contributed by atoms with van der Waals surface area (Å²) in [6.45, 7) is 1.17. The number of rotatable bonds is 6. The molecule has 0 aliphatic carbocycles. The van der Waals surface area contributed by atoms with Gasteiger partial charge in [-0.05, 0) is 55.0 Å². The number of esters is 1. The minimum atomic E-state index is -0.624. The molecule has 0 aromatic heterocycles. The molecule has 0 aliphatic rings. The Morgan fingerprint density at radius 3 is 2.50 bits per heavy atom. The Labute approximate surface area is 153 Å². The van der Waals surface area contributed by atoms with Gasteiger partial charge in [0.15, 0.2) is 13.2 Å². The van der Waals surface area contributed by atoms with E-state index >= 15 is 0 Å². The second-order valence-corrected chi connectivity index (χ2v) is 6.26. The van der Waals surface area contributed by atoms with Crippen LogP contribution >= 0.6 is 27.5 Å². The van der Waals surface area contributed by atoms with E-state index in [0.29, 0.717) is 16.5 Å². The molecule has 0 atom stereocenters. The topological polar surface area (TPSA) is 64.6 Å². The van der Waals surface area contributed by atoms with Crippen LogP contribution in [0.4, 0.5) is 5.69 Å². The van der Waals surface area contributed by atoms with Crippen LogP contribution in [0.2, 0.25) is 5.02 Å². The van der Waals surface area contributed by atoms with Crippen molar-refractivity contribution in [3.8, 4) is 5.75 Å². The Morgan fingerprint density at radius 1 is 1.12 bits per heavy atom. The average Bonchev–Trinajstić information content (AvgIpc) is 2.55. The largest absolute Gasteiger partial charge is 0.482 e. The second kappa shape index (κ2) is 8.70. The van der Waals surface area contributed by atoms with Gasteiger partial charge in [0.25, 0.3) is 5.91 Å². The molecule has 7 heteroatoms. The monoisotopic (exact) mass is 411 g/mol. The molecule has 0 heterocycles. The van der Waals surface area contributed by atoms with Gasteiger partial charge in [-0.2, -0.15) is 0 Å². The standard InChI is InChI=1S/C17H15BrClNO4/c1-11-8-13(19)4-7-15(11)20-16(21)9-24-17(22)10-23-14-5-2-12(18)3-6-14/h2-8H,9-10H2,1H3,(H,20,21). The Hall–Kier alpha value is -2.05. The summed E-state index contributed by atoms with van der Waals surface area (Å²) in [6.07, 6.45) is 0. The lowest BCUT2D eigenvalue weighted by Gasteiger charge is -2.10. The molecule has 2 aromatic rings. The molecule has 0 bridgehead atoms. The number of carbonyl (C=O) groups is 2. The molecule has 0 unspecified atom stereocenters. The van der Waals surface area contributed by atoms with Crippen LogP contribution in [-0.2, 0) is 14.3 Å². The van der Waals surface area contributed by atoms with Gasteiger partial charge >= 0.3 is 5.97 Å². The summed E-state index contributed by atoms with van der Waals surface area (Å²) in [4.78, 5) is 23.4. The number of aryl methyl sites for hydroxylation is 1. The zero-order chi connectivity index (χ0) is 17.5. The summed E-state index contributed by atoms with van der Waals surface area (Å²) in [5.41, 5.74) is 1.44. The number of benzene rings is 2. The van der Waals surface area contributed by atoms with Crippen LogP contribution in [0.25, 0.3) is 0 Å². The summed E-state index contributed by atoms with van der Waals surface area (Å²) < 4.78 is 11.0. The summed E-state index contributed by atoms with van der Waals surface area (Å²) in [7, 11) is 0. The van der Waals surface area contributed by atoms with Crippen molar-refractivity contribution in [1.82, 2.24) is 0 Å². The van der Waals surface area contributed by atoms with Crippen molar-refractivity contribution in [1.29, 1.82) is 0 Å². The minimum Gasteiger partial charge on any atom is -0.482 e. The number of amides is 1. The van der Waals surface area contributed by atoms with Crippen LogP contribution in [0.3, 0.4) is 0 Å². The normalized spacial score (nSPS) is 10.1. The van der Waals surface area contributed by atoms with Gasteiger partial charge in [0.1, 0.15) is 5.75 Å². The van der Waals surface area contributed by atoms with Gasteiger partial charge in [0.05, 0.1) is 0 Å². The molecule has 0 radical (unpaired) electrons. The van der Waals surface area contributed by atoms with Crippen molar-refractivity contribution in [3.63, 3.8) is 0 Å². The first-order chi connectivity index (χ1) is 11.4. The van der Waals surface area contributed by atoms with Crippen LogP contribution in [0.5, 0.6) is 5.75 Å². The van der Waals surface area contributed by atoms with Crippen LogP contribution in [-0.4, -0.2) is 25.1 Å². The van der Waals surface area contributed by atoms with Crippen LogP contribution in [0, 0.1) is 6.92 Å². The quantitative estimate of drug-likeness (QED) is 0.729. The Balaban J connectivity index is 1.74. The highest BCUT2D eigenvalue weighted by Gasteiger charge is 2.10. The fourth-order valence-corrected chi connectivity index (χ4v) is 2.31. The summed E-state index contributed by atoms with van der Waals surface area (Å²) in [5.74, 6) is -0.519. The van der Waals surface area contributed by atoms with Crippen molar-refractivity contribution in [3.05, 3.63) is 57.5 Å². The van der Waals surface area contributed by atoms with Crippen molar-refractivity contribution in [2.45, 2.75) is 6.92 Å². The zero-order valence-corrected chi connectivity index (χ0v) is 15.2. The van der Waals surface area contributed by atoms with E-state index in [1.807, 2.05) is 6.92 Å². The van der Waals surface area contributed by atoms with Crippen molar-refractivity contribution in [2.24, 2.45) is 0 Å². The van der Waals surface area contributed by atoms with Gasteiger partial charge in [-0.3, -0.25) is 4.79 Å². The predicted octanol–water partition coefficient (Wildman–Crippen LogP) is 3.97. The lowest BCUT2D eigenvalue weighted by atomic mass is 10.2. The Kier molecular flexibility index (Phi) is 6.63. The van der Waals surface area contributed by atoms with E-state index < -0.39 is 11.9 Å². The van der Waals surface area contributed by atoms with Crippen molar-refractivity contribution >= 4 is 45.1 Å². The van der Waals surface area contributed by atoms with E-state index in [4.69, 9.17) is 21.1 Å². The van der Waals surface area contributed by atoms with E-state index in [-0.39, 0.29) is 13.2 Å². The molecule has 0 spiro atoms. The predicted molar refractivity (Wildman–Crippen MR) is 95.4 cm³/mol. The Bertz CT molecular complexity index is 734. The van der Waals surface area contributed by atoms with E-state index in [9.17, 15) is 9.59 Å². The van der Waals surface area contributed by atoms with Crippen LogP contribution in [0.1, 0.15) is 5.56 Å². The lowest BCUT2D eigenvalue weighted by Crippen LogP contribution is -2.23. The van der Waals surface area contributed by atoms with E-state index in [1.54, 1.807) is 42.5 Å². The molecule has 0 fully saturated rings. The third-order valence-electron chi connectivity index (χ3n) is 3.00. The van der Waals surface area contributed by atoms with E-state index in [0.717, 1.165) is 10.0 Å². The average molecular weight is 413 g/mol. The SMILES string of the molecule is Cc1cc(Cl)ccc1NC(=O)COC(=O)COc1ccc(Br)cc1. The minimum absolute atomic E-state index is 0.269. The van der Waals surface area contributed by atoms with E-state index in [1.165, 1.54) is 0 Å². The Morgan fingerprint density at radius 2 is 1.83 bits per heavy atom. The van der Waals surface area contributed by atoms with Gasteiger partial charge in [0.2, 0.25) is 0 Å². The first-order valence-corrected chi connectivity index (χ1v) is 8.21. The molecule has 5 nitrogen and oxygen atoms in total. The molecule has 2 rings (SSSR count). The summed E-state index contributed by atoms with van der Waals surface area (Å²) in [6, 6.07) is 12.1. The molecule has 2 aromatic carbocycles. The highest BCUT2D eigenvalue weighted by atomic mass is 79.9. The third kappa shape index (κ3) is 5.86. The number of hydrogen-bond donors (Lipinski definition) is 1. The van der Waals surface area contributed by atoms with Crippen LogP contribution in [0.15, 0.2) is 46.9 Å². The third-order valence-corrected chi connectivity index (χ3v) is 3.76. The first-order valence-electron chi connectivity index (χ1n) is 7.04. The van der Waals surface area contributed by atoms with Gasteiger partial charge in [-0.15, -0.1) is 0 Å². The molecule has 24 heavy (non-hydrogen) atoms. The number of halogens is 2. The molecule has 0 saturated carbocycles. The maximum Gasteiger partial charge on any atom is 0.344 e. The first kappa shape index (κ1) is 18.3. The molecule has 0 aliphatic heterocycles. The van der Waals surface area contributed by atoms with Crippen molar-refractivity contribution in [2.75, 3.05) is 18.5 Å². The maximum absolute atomic E-state index is 11.8. The van der Waals surface area contributed by atoms with Gasteiger partial charge in [-0.25, -0.2) is 4.79 Å². The second-order valence-electron chi connectivity index (χ2n) is 4.91. The van der Waals surface area contributed by atoms with Crippen LogP contribution < -0.4 is 10.1 Å². The molecule has 1 amide bonds. The van der Waals surface area contributed by atoms with Gasteiger partial charge in [-0.1, -0.05) is 27.5 Å². The number of anilines is 1. The highest BCUT2D eigenvalue weighted by molar-refractivity contribution is 9.10. The van der Waals surface area contributed by atoms with Gasteiger partial charge < -0.3 is 14.8 Å². The van der Waals surface area contributed by atoms with Crippen molar-refractivity contribution < 1.29 is 19.1 Å². The maximum atomic E-state index is 11.8. The van der Waals surface area contributed by atoms with Gasteiger partial charge in [0, 0.05) is 15.2 Å². The fourth-order valence-electron chi connectivity index (χ4n) is 1.81.